The molecule has 108 valence electrons. The second kappa shape index (κ2) is 6.42. The SMILES string of the molecule is COc1ccc(C(N)CC(C)CC(C)(C)C)cc1C. The van der Waals surface area contributed by atoms with Gasteiger partial charge < -0.3 is 10.5 Å². The van der Waals surface area contributed by atoms with Crippen molar-refractivity contribution >= 4 is 0 Å². The lowest BCUT2D eigenvalue weighted by molar-refractivity contribution is 0.286. The molecule has 0 aliphatic carbocycles. The maximum Gasteiger partial charge on any atom is 0.121 e. The Balaban J connectivity index is 2.68. The van der Waals surface area contributed by atoms with Crippen LogP contribution in [-0.4, -0.2) is 7.11 Å². The number of aryl methyl sites for hydroxylation is 1. The number of benzene rings is 1. The van der Waals surface area contributed by atoms with Gasteiger partial charge in [-0.15, -0.1) is 0 Å². The molecule has 2 N–H and O–H groups in total. The zero-order chi connectivity index (χ0) is 14.6. The third-order valence-electron chi connectivity index (χ3n) is 3.46. The van der Waals surface area contributed by atoms with Gasteiger partial charge in [-0.2, -0.15) is 0 Å². The Morgan fingerprint density at radius 2 is 1.89 bits per heavy atom. The summed E-state index contributed by atoms with van der Waals surface area (Å²) < 4.78 is 5.29. The maximum atomic E-state index is 6.33. The van der Waals surface area contributed by atoms with Crippen molar-refractivity contribution in [3.8, 4) is 5.75 Å². The van der Waals surface area contributed by atoms with Crippen LogP contribution in [0.1, 0.15) is 57.7 Å². The van der Waals surface area contributed by atoms with Crippen molar-refractivity contribution in [1.82, 2.24) is 0 Å². The highest BCUT2D eigenvalue weighted by molar-refractivity contribution is 5.37. The maximum absolute atomic E-state index is 6.33. The summed E-state index contributed by atoms with van der Waals surface area (Å²) in [6, 6.07) is 6.36. The summed E-state index contributed by atoms with van der Waals surface area (Å²) in [5, 5.41) is 0. The van der Waals surface area contributed by atoms with Crippen LogP contribution in [0.25, 0.3) is 0 Å². The van der Waals surface area contributed by atoms with Crippen molar-refractivity contribution in [2.75, 3.05) is 7.11 Å². The van der Waals surface area contributed by atoms with Crippen LogP contribution in [0.5, 0.6) is 5.75 Å². The van der Waals surface area contributed by atoms with E-state index in [1.165, 1.54) is 12.0 Å². The fourth-order valence-electron chi connectivity index (χ4n) is 2.83. The minimum absolute atomic E-state index is 0.113. The molecule has 0 spiro atoms. The van der Waals surface area contributed by atoms with Crippen LogP contribution in [0.15, 0.2) is 18.2 Å². The number of hydrogen-bond acceptors (Lipinski definition) is 2. The minimum atomic E-state index is 0.113. The van der Waals surface area contributed by atoms with Gasteiger partial charge in [-0.3, -0.25) is 0 Å². The molecule has 1 rings (SSSR count). The van der Waals surface area contributed by atoms with Crippen LogP contribution in [0.3, 0.4) is 0 Å². The molecule has 0 aliphatic heterocycles. The molecule has 0 radical (unpaired) electrons. The van der Waals surface area contributed by atoms with E-state index in [0.717, 1.165) is 17.7 Å². The van der Waals surface area contributed by atoms with Crippen LogP contribution >= 0.6 is 0 Å². The van der Waals surface area contributed by atoms with Crippen molar-refractivity contribution in [3.05, 3.63) is 29.3 Å². The summed E-state index contributed by atoms with van der Waals surface area (Å²) in [7, 11) is 1.70. The zero-order valence-electron chi connectivity index (χ0n) is 13.3. The number of rotatable bonds is 5. The summed E-state index contributed by atoms with van der Waals surface area (Å²) in [4.78, 5) is 0. The molecule has 2 heteroatoms. The molecule has 0 fully saturated rings. The molecule has 1 aromatic rings. The Labute approximate surface area is 118 Å². The summed E-state index contributed by atoms with van der Waals surface area (Å²) in [6.07, 6.45) is 2.23. The van der Waals surface area contributed by atoms with E-state index in [2.05, 4.69) is 46.8 Å². The molecule has 1 aromatic carbocycles. The van der Waals surface area contributed by atoms with Gasteiger partial charge >= 0.3 is 0 Å². The van der Waals surface area contributed by atoms with Crippen LogP contribution < -0.4 is 10.5 Å². The second-order valence-electron chi connectivity index (χ2n) is 6.94. The van der Waals surface area contributed by atoms with Crippen LogP contribution in [0.4, 0.5) is 0 Å². The molecule has 19 heavy (non-hydrogen) atoms. The lowest BCUT2D eigenvalue weighted by Gasteiger charge is -2.25. The first-order valence-electron chi connectivity index (χ1n) is 7.13. The Bertz CT molecular complexity index is 406. The minimum Gasteiger partial charge on any atom is -0.496 e. The normalized spacial score (nSPS) is 15.1. The average Bonchev–Trinajstić information content (AvgIpc) is 2.26. The first kappa shape index (κ1) is 16.0. The third-order valence-corrected chi connectivity index (χ3v) is 3.46. The van der Waals surface area contributed by atoms with E-state index in [1.807, 2.05) is 6.07 Å². The molecular formula is C17H29NO. The van der Waals surface area contributed by atoms with Gasteiger partial charge in [0.15, 0.2) is 0 Å². The van der Waals surface area contributed by atoms with Crippen LogP contribution in [0, 0.1) is 18.3 Å². The molecular weight excluding hydrogens is 234 g/mol. The Morgan fingerprint density at radius 3 is 2.37 bits per heavy atom. The van der Waals surface area contributed by atoms with Gasteiger partial charge in [-0.05, 0) is 48.3 Å². The topological polar surface area (TPSA) is 35.2 Å². The van der Waals surface area contributed by atoms with Gasteiger partial charge in [0.1, 0.15) is 5.75 Å². The van der Waals surface area contributed by atoms with Crippen molar-refractivity contribution in [2.24, 2.45) is 17.1 Å². The molecule has 0 amide bonds. The quantitative estimate of drug-likeness (QED) is 0.851. The summed E-state index contributed by atoms with van der Waals surface area (Å²) >= 11 is 0. The standard InChI is InChI=1S/C17H29NO/c1-12(11-17(3,4)5)9-15(18)14-7-8-16(19-6)13(2)10-14/h7-8,10,12,15H,9,11,18H2,1-6H3. The Kier molecular flexibility index (Phi) is 5.42. The van der Waals surface area contributed by atoms with Crippen LogP contribution in [-0.2, 0) is 0 Å². The van der Waals surface area contributed by atoms with E-state index in [0.29, 0.717) is 11.3 Å². The number of nitrogens with two attached hydrogens (primary N) is 1. The predicted molar refractivity (Wildman–Crippen MR) is 82.5 cm³/mol. The van der Waals surface area contributed by atoms with E-state index in [4.69, 9.17) is 10.5 Å². The van der Waals surface area contributed by atoms with E-state index < -0.39 is 0 Å². The molecule has 0 saturated heterocycles. The molecule has 0 aliphatic rings. The fourth-order valence-corrected chi connectivity index (χ4v) is 2.83. The second-order valence-corrected chi connectivity index (χ2v) is 6.94. The van der Waals surface area contributed by atoms with E-state index >= 15 is 0 Å². The smallest absolute Gasteiger partial charge is 0.121 e. The van der Waals surface area contributed by atoms with Gasteiger partial charge in [0, 0.05) is 6.04 Å². The lowest BCUT2D eigenvalue weighted by atomic mass is 9.82. The number of hydrogen-bond donors (Lipinski definition) is 1. The summed E-state index contributed by atoms with van der Waals surface area (Å²) in [5.74, 6) is 1.57. The van der Waals surface area contributed by atoms with E-state index in [-0.39, 0.29) is 6.04 Å². The van der Waals surface area contributed by atoms with Crippen molar-refractivity contribution in [2.45, 2.75) is 53.5 Å². The highest BCUT2D eigenvalue weighted by atomic mass is 16.5. The average molecular weight is 263 g/mol. The van der Waals surface area contributed by atoms with Gasteiger partial charge in [0.25, 0.3) is 0 Å². The first-order valence-corrected chi connectivity index (χ1v) is 7.13. The third kappa shape index (κ3) is 5.23. The van der Waals surface area contributed by atoms with Crippen LogP contribution in [0.2, 0.25) is 0 Å². The fraction of sp³-hybridized carbons (Fsp3) is 0.647. The predicted octanol–water partition coefficient (Wildman–Crippen LogP) is 4.47. The molecule has 2 unspecified atom stereocenters. The molecule has 2 nitrogen and oxygen atoms in total. The Hall–Kier alpha value is -1.02. The molecule has 0 saturated carbocycles. The Morgan fingerprint density at radius 1 is 1.26 bits per heavy atom. The highest BCUT2D eigenvalue weighted by Gasteiger charge is 2.18. The number of ether oxygens (including phenoxy) is 1. The molecule has 0 bridgehead atoms. The summed E-state index contributed by atoms with van der Waals surface area (Å²) in [5.41, 5.74) is 9.06. The van der Waals surface area contributed by atoms with Gasteiger partial charge in [0.05, 0.1) is 7.11 Å². The molecule has 2 atom stereocenters. The zero-order valence-corrected chi connectivity index (χ0v) is 13.3. The number of methoxy groups -OCH3 is 1. The van der Waals surface area contributed by atoms with E-state index in [9.17, 15) is 0 Å². The van der Waals surface area contributed by atoms with Crippen molar-refractivity contribution in [1.29, 1.82) is 0 Å². The highest BCUT2D eigenvalue weighted by Crippen LogP contribution is 2.30. The van der Waals surface area contributed by atoms with Gasteiger partial charge in [-0.25, -0.2) is 0 Å². The monoisotopic (exact) mass is 263 g/mol. The van der Waals surface area contributed by atoms with Crippen molar-refractivity contribution in [3.63, 3.8) is 0 Å². The van der Waals surface area contributed by atoms with Crippen molar-refractivity contribution < 1.29 is 4.74 Å². The molecule has 0 aromatic heterocycles. The largest absolute Gasteiger partial charge is 0.496 e. The summed E-state index contributed by atoms with van der Waals surface area (Å²) in [6.45, 7) is 11.2. The first-order chi connectivity index (χ1) is 8.73. The molecule has 0 heterocycles. The van der Waals surface area contributed by atoms with Gasteiger partial charge in [-0.1, -0.05) is 39.8 Å². The lowest BCUT2D eigenvalue weighted by Crippen LogP contribution is -2.18. The van der Waals surface area contributed by atoms with E-state index in [1.54, 1.807) is 7.11 Å². The van der Waals surface area contributed by atoms with Gasteiger partial charge in [0.2, 0.25) is 0 Å².